The highest BCUT2D eigenvalue weighted by molar-refractivity contribution is 7.19. The van der Waals surface area contributed by atoms with E-state index in [9.17, 15) is 10.1 Å². The third-order valence-electron chi connectivity index (χ3n) is 6.20. The van der Waals surface area contributed by atoms with Crippen molar-refractivity contribution >= 4 is 32.9 Å². The predicted octanol–water partition coefficient (Wildman–Crippen LogP) is 4.11. The molecular weight excluding hydrogens is 402 g/mol. The summed E-state index contributed by atoms with van der Waals surface area (Å²) in [6, 6.07) is 0. The first-order chi connectivity index (χ1) is 14.1. The summed E-state index contributed by atoms with van der Waals surface area (Å²) in [5.41, 5.74) is 2.89. The van der Waals surface area contributed by atoms with Gasteiger partial charge in [-0.3, -0.25) is 14.8 Å². The monoisotopic (exact) mass is 425 g/mol. The molecule has 30 heavy (non-hydrogen) atoms. The van der Waals surface area contributed by atoms with Crippen molar-refractivity contribution in [3.63, 3.8) is 0 Å². The molecule has 0 bridgehead atoms. The second kappa shape index (κ2) is 6.31. The van der Waals surface area contributed by atoms with Crippen LogP contribution in [0.1, 0.15) is 43.3 Å². The van der Waals surface area contributed by atoms with E-state index in [1.165, 1.54) is 15.1 Å². The quantitative estimate of drug-likeness (QED) is 0.354. The number of nitrogens with zero attached hydrogens (tertiary/aromatic N) is 7. The Morgan fingerprint density at radius 1 is 1.30 bits per heavy atom. The fourth-order valence-electron chi connectivity index (χ4n) is 4.53. The SMILES string of the molecule is Cc1nn(C)c(-c2nc3c4c5c(sc4ncn3n2)CC(C(C)(C)C)CC5)c1[N+](=O)[O-]. The molecule has 156 valence electrons. The molecule has 0 spiro atoms. The number of aryl methyl sites for hydroxylation is 3. The summed E-state index contributed by atoms with van der Waals surface area (Å²) in [5, 5.41) is 21.4. The Balaban J connectivity index is 1.70. The molecule has 1 atom stereocenters. The highest BCUT2D eigenvalue weighted by atomic mass is 32.1. The van der Waals surface area contributed by atoms with Crippen molar-refractivity contribution in [3.05, 3.63) is 32.6 Å². The van der Waals surface area contributed by atoms with E-state index in [1.807, 2.05) is 0 Å². The zero-order valence-electron chi connectivity index (χ0n) is 17.6. The lowest BCUT2D eigenvalue weighted by molar-refractivity contribution is -0.384. The van der Waals surface area contributed by atoms with Gasteiger partial charge >= 0.3 is 5.69 Å². The molecule has 9 nitrogen and oxygen atoms in total. The Bertz CT molecular complexity index is 1320. The summed E-state index contributed by atoms with van der Waals surface area (Å²) in [7, 11) is 1.67. The minimum atomic E-state index is -0.420. The fraction of sp³-hybridized carbons (Fsp3) is 0.500. The van der Waals surface area contributed by atoms with E-state index in [2.05, 4.69) is 36.0 Å². The second-order valence-electron chi connectivity index (χ2n) is 9.10. The lowest BCUT2D eigenvalue weighted by Crippen LogP contribution is -2.26. The number of thiophene rings is 1. The highest BCUT2D eigenvalue weighted by Gasteiger charge is 2.33. The van der Waals surface area contributed by atoms with Gasteiger partial charge in [-0.1, -0.05) is 20.8 Å². The van der Waals surface area contributed by atoms with E-state index in [0.29, 0.717) is 28.8 Å². The van der Waals surface area contributed by atoms with Gasteiger partial charge in [-0.05, 0) is 43.1 Å². The van der Waals surface area contributed by atoms with Crippen LogP contribution in [0, 0.1) is 28.4 Å². The van der Waals surface area contributed by atoms with Crippen LogP contribution in [0.3, 0.4) is 0 Å². The summed E-state index contributed by atoms with van der Waals surface area (Å²) in [6.07, 6.45) is 4.83. The minimum absolute atomic E-state index is 0.0574. The number of nitro groups is 1. The van der Waals surface area contributed by atoms with Gasteiger partial charge in [0.05, 0.1) is 10.3 Å². The van der Waals surface area contributed by atoms with Crippen LogP contribution in [0.4, 0.5) is 5.69 Å². The topological polar surface area (TPSA) is 104 Å². The van der Waals surface area contributed by atoms with E-state index in [0.717, 1.165) is 29.5 Å². The number of hydrogen-bond donors (Lipinski definition) is 0. The summed E-state index contributed by atoms with van der Waals surface area (Å²) in [5.74, 6) is 0.935. The Morgan fingerprint density at radius 3 is 2.77 bits per heavy atom. The highest BCUT2D eigenvalue weighted by Crippen LogP contribution is 2.43. The average Bonchev–Trinajstić information content (AvgIpc) is 3.31. The van der Waals surface area contributed by atoms with Crippen LogP contribution in [0.2, 0.25) is 0 Å². The Morgan fingerprint density at radius 2 is 2.07 bits per heavy atom. The van der Waals surface area contributed by atoms with Crippen molar-refractivity contribution in [2.45, 2.75) is 47.0 Å². The lowest BCUT2D eigenvalue weighted by atomic mass is 9.72. The Labute approximate surface area is 176 Å². The molecule has 0 aromatic carbocycles. The van der Waals surface area contributed by atoms with Crippen LogP contribution in [0.15, 0.2) is 6.33 Å². The molecule has 4 heterocycles. The van der Waals surface area contributed by atoms with Crippen molar-refractivity contribution in [1.29, 1.82) is 0 Å². The first-order valence-corrected chi connectivity index (χ1v) is 10.8. The van der Waals surface area contributed by atoms with Gasteiger partial charge in [0, 0.05) is 11.9 Å². The molecule has 5 rings (SSSR count). The largest absolute Gasteiger partial charge is 0.321 e. The van der Waals surface area contributed by atoms with E-state index in [1.54, 1.807) is 36.2 Å². The van der Waals surface area contributed by atoms with Crippen molar-refractivity contribution in [2.75, 3.05) is 0 Å². The van der Waals surface area contributed by atoms with E-state index < -0.39 is 4.92 Å². The maximum Gasteiger partial charge on any atom is 0.321 e. The average molecular weight is 426 g/mol. The number of rotatable bonds is 2. The number of hydrogen-bond acceptors (Lipinski definition) is 7. The van der Waals surface area contributed by atoms with Gasteiger partial charge in [-0.2, -0.15) is 5.10 Å². The zero-order chi connectivity index (χ0) is 21.4. The predicted molar refractivity (Wildman–Crippen MR) is 115 cm³/mol. The molecule has 10 heteroatoms. The molecule has 1 aliphatic rings. The lowest BCUT2D eigenvalue weighted by Gasteiger charge is -2.33. The van der Waals surface area contributed by atoms with Crippen LogP contribution < -0.4 is 0 Å². The first-order valence-electron chi connectivity index (χ1n) is 9.99. The molecule has 0 amide bonds. The summed E-state index contributed by atoms with van der Waals surface area (Å²) in [6.45, 7) is 8.54. The molecule has 1 aliphatic carbocycles. The maximum absolute atomic E-state index is 11.6. The molecule has 4 aromatic heterocycles. The van der Waals surface area contributed by atoms with Gasteiger partial charge in [0.25, 0.3) is 0 Å². The zero-order valence-corrected chi connectivity index (χ0v) is 18.4. The fourth-order valence-corrected chi connectivity index (χ4v) is 5.79. The van der Waals surface area contributed by atoms with Crippen LogP contribution in [-0.2, 0) is 19.9 Å². The van der Waals surface area contributed by atoms with Crippen LogP contribution in [-0.4, -0.2) is 34.3 Å². The molecule has 0 radical (unpaired) electrons. The molecule has 4 aromatic rings. The van der Waals surface area contributed by atoms with E-state index >= 15 is 0 Å². The number of aromatic nitrogens is 6. The molecule has 0 fully saturated rings. The van der Waals surface area contributed by atoms with Crippen molar-refractivity contribution in [3.8, 4) is 11.5 Å². The Kier molecular flexibility index (Phi) is 4.02. The van der Waals surface area contributed by atoms with Crippen molar-refractivity contribution in [2.24, 2.45) is 18.4 Å². The summed E-state index contributed by atoms with van der Waals surface area (Å²) >= 11 is 1.74. The van der Waals surface area contributed by atoms with Gasteiger partial charge in [0.15, 0.2) is 11.3 Å². The van der Waals surface area contributed by atoms with E-state index in [-0.39, 0.29) is 11.1 Å². The molecule has 1 unspecified atom stereocenters. The van der Waals surface area contributed by atoms with E-state index in [4.69, 9.17) is 4.98 Å². The van der Waals surface area contributed by atoms with Crippen molar-refractivity contribution < 1.29 is 4.92 Å². The smallest absolute Gasteiger partial charge is 0.258 e. The Hall–Kier alpha value is -2.88. The minimum Gasteiger partial charge on any atom is -0.258 e. The second-order valence-corrected chi connectivity index (χ2v) is 10.2. The van der Waals surface area contributed by atoms with Gasteiger partial charge in [-0.25, -0.2) is 14.5 Å². The van der Waals surface area contributed by atoms with Gasteiger partial charge < -0.3 is 0 Å². The normalized spacial score (nSPS) is 17.0. The molecule has 0 saturated carbocycles. The summed E-state index contributed by atoms with van der Waals surface area (Å²) in [4.78, 5) is 22.9. The first kappa shape index (κ1) is 19.1. The molecule has 0 N–H and O–H groups in total. The molecular formula is C20H23N7O2S. The number of fused-ring (bicyclic) bond motifs is 5. The molecule has 0 aliphatic heterocycles. The van der Waals surface area contributed by atoms with Gasteiger partial charge in [0.2, 0.25) is 5.82 Å². The van der Waals surface area contributed by atoms with Crippen LogP contribution in [0.5, 0.6) is 0 Å². The maximum atomic E-state index is 11.6. The van der Waals surface area contributed by atoms with Crippen molar-refractivity contribution in [1.82, 2.24) is 29.4 Å². The third kappa shape index (κ3) is 2.73. The van der Waals surface area contributed by atoms with Crippen LogP contribution >= 0.6 is 11.3 Å². The standard InChI is InChI=1S/C20H23N7O2S/c1-10-15(27(28)29)16(25(5)23-10)17-22-18-14-12-7-6-11(20(2,3)4)8-13(12)30-19(14)21-9-26(18)24-17/h9,11H,6-8H2,1-5H3. The summed E-state index contributed by atoms with van der Waals surface area (Å²) < 4.78 is 3.11. The molecule has 0 saturated heterocycles. The van der Waals surface area contributed by atoms with Gasteiger partial charge in [0.1, 0.15) is 16.9 Å². The third-order valence-corrected chi connectivity index (χ3v) is 7.36. The van der Waals surface area contributed by atoms with Gasteiger partial charge in [-0.15, -0.1) is 16.4 Å². The van der Waals surface area contributed by atoms with Crippen LogP contribution in [0.25, 0.3) is 27.4 Å².